The average molecular weight is 277 g/mol. The molecule has 0 aromatic carbocycles. The summed E-state index contributed by atoms with van der Waals surface area (Å²) < 4.78 is 5.45. The SMILES string of the molecule is CCCC(=O)N1CC[C@@H](c2nc(C3CCCC3)no2)C1. The smallest absolute Gasteiger partial charge is 0.231 e. The Kier molecular flexibility index (Phi) is 4.03. The maximum Gasteiger partial charge on any atom is 0.231 e. The minimum absolute atomic E-state index is 0.235. The van der Waals surface area contributed by atoms with E-state index in [0.717, 1.165) is 37.6 Å². The van der Waals surface area contributed by atoms with E-state index in [4.69, 9.17) is 4.52 Å². The van der Waals surface area contributed by atoms with Gasteiger partial charge in [-0.05, 0) is 25.7 Å². The summed E-state index contributed by atoms with van der Waals surface area (Å²) in [5.74, 6) is 2.60. The Morgan fingerprint density at radius 3 is 2.85 bits per heavy atom. The van der Waals surface area contributed by atoms with Crippen LogP contribution in [0.3, 0.4) is 0 Å². The van der Waals surface area contributed by atoms with Crippen LogP contribution in [0.15, 0.2) is 4.52 Å². The van der Waals surface area contributed by atoms with Gasteiger partial charge in [0, 0.05) is 25.4 Å². The van der Waals surface area contributed by atoms with Crippen molar-refractivity contribution in [3.63, 3.8) is 0 Å². The van der Waals surface area contributed by atoms with Crippen LogP contribution in [-0.2, 0) is 4.79 Å². The highest BCUT2D eigenvalue weighted by atomic mass is 16.5. The van der Waals surface area contributed by atoms with Gasteiger partial charge in [0.25, 0.3) is 0 Å². The molecule has 0 radical (unpaired) electrons. The molecule has 1 saturated heterocycles. The van der Waals surface area contributed by atoms with E-state index >= 15 is 0 Å². The van der Waals surface area contributed by atoms with Crippen LogP contribution >= 0.6 is 0 Å². The van der Waals surface area contributed by atoms with E-state index in [2.05, 4.69) is 10.1 Å². The monoisotopic (exact) mass is 277 g/mol. The summed E-state index contributed by atoms with van der Waals surface area (Å²) in [5, 5.41) is 4.16. The van der Waals surface area contributed by atoms with Crippen molar-refractivity contribution in [1.82, 2.24) is 15.0 Å². The van der Waals surface area contributed by atoms with Crippen molar-refractivity contribution < 1.29 is 9.32 Å². The molecule has 5 heteroatoms. The van der Waals surface area contributed by atoms with Crippen LogP contribution in [0.2, 0.25) is 0 Å². The highest BCUT2D eigenvalue weighted by molar-refractivity contribution is 5.76. The van der Waals surface area contributed by atoms with Crippen molar-refractivity contribution >= 4 is 5.91 Å². The normalized spacial score (nSPS) is 23.6. The number of aromatic nitrogens is 2. The van der Waals surface area contributed by atoms with Crippen molar-refractivity contribution in [2.45, 2.75) is 63.7 Å². The van der Waals surface area contributed by atoms with Crippen molar-refractivity contribution in [2.75, 3.05) is 13.1 Å². The molecule has 20 heavy (non-hydrogen) atoms. The third-order valence-electron chi connectivity index (χ3n) is 4.53. The van der Waals surface area contributed by atoms with Gasteiger partial charge in [-0.25, -0.2) is 0 Å². The van der Waals surface area contributed by atoms with Crippen LogP contribution in [0.5, 0.6) is 0 Å². The number of carbonyl (C=O) groups excluding carboxylic acids is 1. The first-order valence-electron chi connectivity index (χ1n) is 7.89. The number of carbonyl (C=O) groups is 1. The summed E-state index contributed by atoms with van der Waals surface area (Å²) in [5.41, 5.74) is 0. The van der Waals surface area contributed by atoms with E-state index in [9.17, 15) is 4.79 Å². The van der Waals surface area contributed by atoms with Gasteiger partial charge in [0.05, 0.1) is 5.92 Å². The van der Waals surface area contributed by atoms with Crippen molar-refractivity contribution in [2.24, 2.45) is 0 Å². The Hall–Kier alpha value is -1.39. The summed E-state index contributed by atoms with van der Waals surface area (Å²) in [6.45, 7) is 3.60. The van der Waals surface area contributed by atoms with Gasteiger partial charge in [-0.3, -0.25) is 4.79 Å². The Labute approximate surface area is 119 Å². The summed E-state index contributed by atoms with van der Waals surface area (Å²) in [4.78, 5) is 18.4. The van der Waals surface area contributed by atoms with Crippen LogP contribution in [0.25, 0.3) is 0 Å². The summed E-state index contributed by atoms with van der Waals surface area (Å²) >= 11 is 0. The second-order valence-corrected chi connectivity index (χ2v) is 6.05. The molecule has 0 bridgehead atoms. The molecule has 1 aliphatic heterocycles. The number of rotatable bonds is 4. The van der Waals surface area contributed by atoms with Crippen molar-refractivity contribution in [3.8, 4) is 0 Å². The molecular weight excluding hydrogens is 254 g/mol. The van der Waals surface area contributed by atoms with Crippen molar-refractivity contribution in [3.05, 3.63) is 11.7 Å². The zero-order chi connectivity index (χ0) is 13.9. The molecule has 1 saturated carbocycles. The third kappa shape index (κ3) is 2.72. The minimum Gasteiger partial charge on any atom is -0.342 e. The Bertz CT molecular complexity index is 465. The molecule has 110 valence electrons. The van der Waals surface area contributed by atoms with Crippen LogP contribution in [-0.4, -0.2) is 34.0 Å². The lowest BCUT2D eigenvalue weighted by Gasteiger charge is -2.14. The zero-order valence-electron chi connectivity index (χ0n) is 12.2. The molecule has 2 aliphatic rings. The molecule has 5 nitrogen and oxygen atoms in total. The molecule has 0 unspecified atom stereocenters. The van der Waals surface area contributed by atoms with Crippen LogP contribution in [0, 0.1) is 0 Å². The topological polar surface area (TPSA) is 59.2 Å². The molecule has 2 heterocycles. The van der Waals surface area contributed by atoms with Gasteiger partial charge < -0.3 is 9.42 Å². The number of hydrogen-bond donors (Lipinski definition) is 0. The molecule has 0 N–H and O–H groups in total. The van der Waals surface area contributed by atoms with Gasteiger partial charge in [0.15, 0.2) is 5.82 Å². The highest BCUT2D eigenvalue weighted by Crippen LogP contribution is 2.34. The number of amides is 1. The van der Waals surface area contributed by atoms with Gasteiger partial charge in [-0.1, -0.05) is 24.9 Å². The first-order valence-corrected chi connectivity index (χ1v) is 7.89. The Morgan fingerprint density at radius 2 is 2.10 bits per heavy atom. The average Bonchev–Trinajstić information content (AvgIpc) is 3.19. The van der Waals surface area contributed by atoms with E-state index < -0.39 is 0 Å². The molecule has 2 fully saturated rings. The van der Waals surface area contributed by atoms with E-state index in [-0.39, 0.29) is 11.8 Å². The molecule has 0 spiro atoms. The zero-order valence-corrected chi connectivity index (χ0v) is 12.2. The molecular formula is C15H23N3O2. The second kappa shape index (κ2) is 5.94. The van der Waals surface area contributed by atoms with Crippen LogP contribution in [0.4, 0.5) is 0 Å². The molecule has 1 amide bonds. The van der Waals surface area contributed by atoms with Gasteiger partial charge in [0.2, 0.25) is 11.8 Å². The number of likely N-dealkylation sites (tertiary alicyclic amines) is 1. The third-order valence-corrected chi connectivity index (χ3v) is 4.53. The Balaban J connectivity index is 1.61. The fourth-order valence-electron chi connectivity index (χ4n) is 3.32. The van der Waals surface area contributed by atoms with Gasteiger partial charge >= 0.3 is 0 Å². The summed E-state index contributed by atoms with van der Waals surface area (Å²) in [6, 6.07) is 0. The lowest BCUT2D eigenvalue weighted by atomic mass is 10.1. The molecule has 1 aromatic heterocycles. The molecule has 1 atom stereocenters. The summed E-state index contributed by atoms with van der Waals surface area (Å²) in [7, 11) is 0. The standard InChI is InChI=1S/C15H23N3O2/c1-2-5-13(19)18-9-8-12(10-18)15-16-14(17-20-15)11-6-3-4-7-11/h11-12H,2-10H2,1H3/t12-/m1/s1. The van der Waals surface area contributed by atoms with Crippen molar-refractivity contribution in [1.29, 1.82) is 0 Å². The van der Waals surface area contributed by atoms with E-state index in [1.807, 2.05) is 11.8 Å². The molecule has 1 aromatic rings. The maximum atomic E-state index is 11.9. The largest absolute Gasteiger partial charge is 0.342 e. The van der Waals surface area contributed by atoms with Crippen LogP contribution in [0.1, 0.15) is 75.4 Å². The highest BCUT2D eigenvalue weighted by Gasteiger charge is 2.31. The van der Waals surface area contributed by atoms with E-state index in [1.54, 1.807) is 0 Å². The summed E-state index contributed by atoms with van der Waals surface area (Å²) in [6.07, 6.45) is 7.42. The fraction of sp³-hybridized carbons (Fsp3) is 0.800. The maximum absolute atomic E-state index is 11.9. The van der Waals surface area contributed by atoms with Gasteiger partial charge in [0.1, 0.15) is 0 Å². The Morgan fingerprint density at radius 1 is 1.30 bits per heavy atom. The second-order valence-electron chi connectivity index (χ2n) is 6.05. The first-order chi connectivity index (χ1) is 9.78. The van der Waals surface area contributed by atoms with Gasteiger partial charge in [-0.2, -0.15) is 4.98 Å². The minimum atomic E-state index is 0.235. The fourth-order valence-corrected chi connectivity index (χ4v) is 3.32. The number of hydrogen-bond acceptors (Lipinski definition) is 4. The lowest BCUT2D eigenvalue weighted by molar-refractivity contribution is -0.130. The lowest BCUT2D eigenvalue weighted by Crippen LogP contribution is -2.28. The van der Waals surface area contributed by atoms with E-state index in [0.29, 0.717) is 12.3 Å². The molecule has 1 aliphatic carbocycles. The molecule has 3 rings (SSSR count). The van der Waals surface area contributed by atoms with Crippen LogP contribution < -0.4 is 0 Å². The predicted octanol–water partition coefficient (Wildman–Crippen LogP) is 2.84. The predicted molar refractivity (Wildman–Crippen MR) is 74.4 cm³/mol. The number of nitrogens with zero attached hydrogens (tertiary/aromatic N) is 3. The van der Waals surface area contributed by atoms with E-state index in [1.165, 1.54) is 25.7 Å². The van der Waals surface area contributed by atoms with Gasteiger partial charge in [-0.15, -0.1) is 0 Å². The first kappa shape index (κ1) is 13.6. The quantitative estimate of drug-likeness (QED) is 0.849.